The number of amidine groups is 1. The van der Waals surface area contributed by atoms with Crippen LogP contribution in [0.15, 0.2) is 68.9 Å². The lowest BCUT2D eigenvalue weighted by Gasteiger charge is -2.36. The lowest BCUT2D eigenvalue weighted by molar-refractivity contribution is -0.113. The molecule has 0 aliphatic carbocycles. The minimum absolute atomic E-state index is 0.256. The number of anilines is 1. The molecule has 3 aromatic rings. The molecule has 0 radical (unpaired) electrons. The van der Waals surface area contributed by atoms with Crippen LogP contribution in [0.3, 0.4) is 0 Å². The SMILES string of the molecule is O=C1N=C(N2CCN(c3ccc(Cl)cc3)CC2)SC1=Cc1ccc(-c2cc(Cl)ccc2Cl)o1. The molecular weight excluding hydrogens is 501 g/mol. The second kappa shape index (κ2) is 9.47. The monoisotopic (exact) mass is 517 g/mol. The Morgan fingerprint density at radius 3 is 2.33 bits per heavy atom. The van der Waals surface area contributed by atoms with Crippen molar-refractivity contribution in [3.8, 4) is 11.3 Å². The van der Waals surface area contributed by atoms with Crippen molar-refractivity contribution in [2.75, 3.05) is 31.1 Å². The zero-order valence-electron chi connectivity index (χ0n) is 17.3. The fraction of sp³-hybridized carbons (Fsp3) is 0.167. The maximum Gasteiger partial charge on any atom is 0.286 e. The molecule has 1 saturated heterocycles. The average molecular weight is 519 g/mol. The molecule has 0 spiro atoms. The third kappa shape index (κ3) is 4.94. The van der Waals surface area contributed by atoms with E-state index in [4.69, 9.17) is 39.2 Å². The average Bonchev–Trinajstić information content (AvgIpc) is 3.43. The number of amides is 1. The molecule has 0 bridgehead atoms. The summed E-state index contributed by atoms with van der Waals surface area (Å²) in [6.45, 7) is 3.26. The molecule has 0 N–H and O–H groups in total. The van der Waals surface area contributed by atoms with Crippen LogP contribution in [0, 0.1) is 0 Å². The normalized spacial score (nSPS) is 17.7. The number of piperazine rings is 1. The predicted molar refractivity (Wildman–Crippen MR) is 137 cm³/mol. The summed E-state index contributed by atoms with van der Waals surface area (Å²) in [6, 6.07) is 16.7. The van der Waals surface area contributed by atoms with Crippen molar-refractivity contribution in [2.45, 2.75) is 0 Å². The molecule has 0 saturated carbocycles. The van der Waals surface area contributed by atoms with Crippen LogP contribution in [0.25, 0.3) is 17.4 Å². The van der Waals surface area contributed by atoms with Crippen LogP contribution in [-0.2, 0) is 4.79 Å². The number of halogens is 3. The van der Waals surface area contributed by atoms with Crippen LogP contribution in [0.1, 0.15) is 5.76 Å². The molecule has 1 fully saturated rings. The van der Waals surface area contributed by atoms with Gasteiger partial charge in [-0.05, 0) is 66.4 Å². The van der Waals surface area contributed by atoms with E-state index in [1.165, 1.54) is 11.8 Å². The first-order valence-corrected chi connectivity index (χ1v) is 12.2. The maximum atomic E-state index is 12.5. The Bertz CT molecular complexity index is 1260. The second-order valence-corrected chi connectivity index (χ2v) is 9.88. The van der Waals surface area contributed by atoms with E-state index >= 15 is 0 Å². The van der Waals surface area contributed by atoms with Crippen LogP contribution in [0.4, 0.5) is 5.69 Å². The van der Waals surface area contributed by atoms with Crippen LogP contribution in [0.2, 0.25) is 15.1 Å². The number of thioether (sulfide) groups is 1. The molecule has 168 valence electrons. The van der Waals surface area contributed by atoms with Crippen LogP contribution in [0.5, 0.6) is 0 Å². The minimum Gasteiger partial charge on any atom is -0.457 e. The second-order valence-electron chi connectivity index (χ2n) is 7.59. The smallest absolute Gasteiger partial charge is 0.286 e. The molecule has 1 aromatic heterocycles. The number of aliphatic imine (C=N–C) groups is 1. The Kier molecular flexibility index (Phi) is 6.43. The number of rotatable bonds is 3. The van der Waals surface area contributed by atoms with Crippen LogP contribution >= 0.6 is 46.6 Å². The highest BCUT2D eigenvalue weighted by Gasteiger charge is 2.29. The molecule has 2 aliphatic heterocycles. The van der Waals surface area contributed by atoms with E-state index in [2.05, 4.69) is 14.8 Å². The first-order valence-electron chi connectivity index (χ1n) is 10.3. The van der Waals surface area contributed by atoms with Gasteiger partial charge in [0.1, 0.15) is 11.5 Å². The van der Waals surface area contributed by atoms with Gasteiger partial charge < -0.3 is 14.2 Å². The topological polar surface area (TPSA) is 49.1 Å². The fourth-order valence-electron chi connectivity index (χ4n) is 3.73. The van der Waals surface area contributed by atoms with Gasteiger partial charge in [0.25, 0.3) is 5.91 Å². The molecule has 5 nitrogen and oxygen atoms in total. The van der Waals surface area contributed by atoms with Crippen molar-refractivity contribution >= 4 is 69.4 Å². The Hall–Kier alpha value is -2.38. The van der Waals surface area contributed by atoms with Gasteiger partial charge in [0.05, 0.1) is 9.93 Å². The zero-order chi connectivity index (χ0) is 22.9. The van der Waals surface area contributed by atoms with Crippen molar-refractivity contribution in [2.24, 2.45) is 4.99 Å². The van der Waals surface area contributed by atoms with Crippen LogP contribution < -0.4 is 4.90 Å². The number of hydrogen-bond donors (Lipinski definition) is 0. The first-order chi connectivity index (χ1) is 16.0. The highest BCUT2D eigenvalue weighted by atomic mass is 35.5. The predicted octanol–water partition coefficient (Wildman–Crippen LogP) is 6.70. The number of hydrogen-bond acceptors (Lipinski definition) is 5. The molecule has 3 heterocycles. The number of nitrogens with zero attached hydrogens (tertiary/aromatic N) is 3. The van der Waals surface area contributed by atoms with Crippen LogP contribution in [-0.4, -0.2) is 42.2 Å². The molecule has 5 rings (SSSR count). The summed E-state index contributed by atoms with van der Waals surface area (Å²) in [5, 5.41) is 2.57. The lowest BCUT2D eigenvalue weighted by Crippen LogP contribution is -2.47. The Morgan fingerprint density at radius 1 is 0.879 bits per heavy atom. The standard InChI is InChI=1S/C24H18Cl3N3O2S/c25-15-1-4-17(5-2-15)29-9-11-30(12-10-29)24-28-23(31)22(33-24)14-18-6-8-21(32-18)19-13-16(26)3-7-20(19)27/h1-8,13-14H,9-12H2. The number of carbonyl (C=O) groups excluding carboxylic acids is 1. The van der Waals surface area contributed by atoms with Gasteiger partial charge in [-0.2, -0.15) is 4.99 Å². The van der Waals surface area contributed by atoms with Crippen molar-refractivity contribution in [1.29, 1.82) is 0 Å². The summed E-state index contributed by atoms with van der Waals surface area (Å²) in [6.07, 6.45) is 1.72. The van der Waals surface area contributed by atoms with Crippen molar-refractivity contribution in [1.82, 2.24) is 4.90 Å². The van der Waals surface area contributed by atoms with Gasteiger partial charge in [0, 0.05) is 53.6 Å². The van der Waals surface area contributed by atoms with E-state index in [1.54, 1.807) is 30.3 Å². The van der Waals surface area contributed by atoms with Crippen molar-refractivity contribution in [3.05, 3.63) is 80.3 Å². The molecular formula is C24H18Cl3N3O2S. The van der Waals surface area contributed by atoms with Gasteiger partial charge in [-0.25, -0.2) is 0 Å². The van der Waals surface area contributed by atoms with E-state index in [1.807, 2.05) is 30.3 Å². The molecule has 33 heavy (non-hydrogen) atoms. The molecule has 2 aliphatic rings. The van der Waals surface area contributed by atoms with E-state index in [-0.39, 0.29) is 5.91 Å². The first kappa shape index (κ1) is 22.4. The lowest BCUT2D eigenvalue weighted by atomic mass is 10.2. The van der Waals surface area contributed by atoms with Crippen molar-refractivity contribution in [3.63, 3.8) is 0 Å². The third-order valence-corrected chi connectivity index (χ3v) is 7.31. The van der Waals surface area contributed by atoms with E-state index in [0.29, 0.717) is 32.0 Å². The number of carbonyl (C=O) groups is 1. The third-order valence-electron chi connectivity index (χ3n) is 5.45. The highest BCUT2D eigenvalue weighted by molar-refractivity contribution is 8.18. The van der Waals surface area contributed by atoms with E-state index in [9.17, 15) is 4.79 Å². The van der Waals surface area contributed by atoms with Gasteiger partial charge >= 0.3 is 0 Å². The summed E-state index contributed by atoms with van der Waals surface area (Å²) >= 11 is 19.7. The Morgan fingerprint density at radius 2 is 1.58 bits per heavy atom. The summed E-state index contributed by atoms with van der Waals surface area (Å²) in [5.41, 5.74) is 1.85. The molecule has 2 aromatic carbocycles. The summed E-state index contributed by atoms with van der Waals surface area (Å²) in [4.78, 5) is 21.8. The summed E-state index contributed by atoms with van der Waals surface area (Å²) in [5.74, 6) is 0.888. The van der Waals surface area contributed by atoms with Gasteiger partial charge in [-0.3, -0.25) is 4.79 Å². The summed E-state index contributed by atoms with van der Waals surface area (Å²) in [7, 11) is 0. The van der Waals surface area contributed by atoms with E-state index in [0.717, 1.165) is 42.1 Å². The van der Waals surface area contributed by atoms with Crippen molar-refractivity contribution < 1.29 is 9.21 Å². The molecule has 1 amide bonds. The van der Waals surface area contributed by atoms with Gasteiger partial charge in [0.2, 0.25) is 0 Å². The van der Waals surface area contributed by atoms with Gasteiger partial charge in [-0.15, -0.1) is 0 Å². The quantitative estimate of drug-likeness (QED) is 0.361. The molecule has 9 heteroatoms. The number of furan rings is 1. The number of benzene rings is 2. The van der Waals surface area contributed by atoms with E-state index < -0.39 is 0 Å². The highest BCUT2D eigenvalue weighted by Crippen LogP contribution is 2.35. The molecule has 0 unspecified atom stereocenters. The fourth-order valence-corrected chi connectivity index (χ4v) is 5.19. The maximum absolute atomic E-state index is 12.5. The Labute approximate surface area is 210 Å². The Balaban J connectivity index is 1.24. The largest absolute Gasteiger partial charge is 0.457 e. The zero-order valence-corrected chi connectivity index (χ0v) is 20.4. The molecule has 0 atom stereocenters. The summed E-state index contributed by atoms with van der Waals surface area (Å²) < 4.78 is 5.90. The van der Waals surface area contributed by atoms with Gasteiger partial charge in [-0.1, -0.05) is 34.8 Å². The van der Waals surface area contributed by atoms with Gasteiger partial charge in [0.15, 0.2) is 5.17 Å². The minimum atomic E-state index is -0.256.